The van der Waals surface area contributed by atoms with Gasteiger partial charge in [0.1, 0.15) is 10.9 Å². The summed E-state index contributed by atoms with van der Waals surface area (Å²) in [5.41, 5.74) is 5.12. The number of amides is 1. The van der Waals surface area contributed by atoms with E-state index in [-0.39, 0.29) is 6.03 Å². The Balaban J connectivity index is 1.39. The first-order valence-electron chi connectivity index (χ1n) is 12.3. The van der Waals surface area contributed by atoms with Crippen molar-refractivity contribution in [3.63, 3.8) is 0 Å². The molecule has 0 atom stereocenters. The number of nitrogens with zero attached hydrogens (tertiary/aromatic N) is 3. The number of aromatic nitrogens is 2. The lowest BCUT2D eigenvalue weighted by Crippen LogP contribution is -2.34. The lowest BCUT2D eigenvalue weighted by molar-refractivity contribution is 0.240. The van der Waals surface area contributed by atoms with E-state index in [0.717, 1.165) is 64.6 Å². The molecule has 1 N–H and O–H groups in total. The summed E-state index contributed by atoms with van der Waals surface area (Å²) >= 11 is 12.0. The van der Waals surface area contributed by atoms with Gasteiger partial charge >= 0.3 is 6.03 Å². The van der Waals surface area contributed by atoms with Crippen molar-refractivity contribution in [2.45, 2.75) is 26.4 Å². The molecule has 4 aromatic rings. The number of benzene rings is 2. The smallest absolute Gasteiger partial charge is 0.326 e. The van der Waals surface area contributed by atoms with Gasteiger partial charge in [0, 0.05) is 54.9 Å². The standard InChI is InChI=1S/C29H28Cl2N4O2/c1-2-37-23-9-10-26-24(17-23)25-19-34(14-3-4-20-5-7-22(30)8-6-20)15-12-27(25)35(26)29(36)33-18-21-11-13-32-28(31)16-21/h3-11,13,16-17H,2,12,14-15,18-19H2,1H3,(H,33,36)/b4-3+. The fourth-order valence-corrected chi connectivity index (χ4v) is 5.08. The Hall–Kier alpha value is -3.32. The summed E-state index contributed by atoms with van der Waals surface area (Å²) in [6.45, 7) is 5.36. The average Bonchev–Trinajstić information content (AvgIpc) is 3.22. The molecule has 37 heavy (non-hydrogen) atoms. The van der Waals surface area contributed by atoms with E-state index in [9.17, 15) is 4.79 Å². The normalized spacial score (nSPS) is 13.7. The zero-order valence-corrected chi connectivity index (χ0v) is 22.1. The van der Waals surface area contributed by atoms with Crippen LogP contribution in [0.2, 0.25) is 10.2 Å². The lowest BCUT2D eigenvalue weighted by Gasteiger charge is -2.27. The highest BCUT2D eigenvalue weighted by atomic mass is 35.5. The molecule has 190 valence electrons. The lowest BCUT2D eigenvalue weighted by atomic mass is 10.0. The third-order valence-corrected chi connectivity index (χ3v) is 6.95. The number of hydrogen-bond donors (Lipinski definition) is 1. The molecule has 0 radical (unpaired) electrons. The van der Waals surface area contributed by atoms with Crippen LogP contribution in [0.15, 0.2) is 66.9 Å². The van der Waals surface area contributed by atoms with Crippen LogP contribution in [0.4, 0.5) is 4.79 Å². The monoisotopic (exact) mass is 534 g/mol. The summed E-state index contributed by atoms with van der Waals surface area (Å²) in [7, 11) is 0. The maximum absolute atomic E-state index is 13.4. The minimum atomic E-state index is -0.153. The van der Waals surface area contributed by atoms with Crippen molar-refractivity contribution in [1.29, 1.82) is 0 Å². The van der Waals surface area contributed by atoms with Gasteiger partial charge in [0.15, 0.2) is 0 Å². The van der Waals surface area contributed by atoms with Gasteiger partial charge in [-0.1, -0.05) is 47.5 Å². The molecule has 1 aliphatic heterocycles. The average molecular weight is 535 g/mol. The number of rotatable bonds is 7. The van der Waals surface area contributed by atoms with Crippen molar-refractivity contribution in [2.75, 3.05) is 19.7 Å². The van der Waals surface area contributed by atoms with Crippen LogP contribution in [-0.2, 0) is 19.5 Å². The molecule has 8 heteroatoms. The number of ether oxygens (including phenoxy) is 1. The van der Waals surface area contributed by atoms with Crippen molar-refractivity contribution in [1.82, 2.24) is 19.8 Å². The third kappa shape index (κ3) is 5.82. The summed E-state index contributed by atoms with van der Waals surface area (Å²) in [5.74, 6) is 0.807. The Labute approximate surface area is 226 Å². The highest BCUT2D eigenvalue weighted by Crippen LogP contribution is 2.33. The van der Waals surface area contributed by atoms with E-state index in [0.29, 0.717) is 18.3 Å². The molecular formula is C29H28Cl2N4O2. The minimum Gasteiger partial charge on any atom is -0.494 e. The largest absolute Gasteiger partial charge is 0.494 e. The Kier molecular flexibility index (Phi) is 7.79. The van der Waals surface area contributed by atoms with Crippen molar-refractivity contribution >= 4 is 46.2 Å². The van der Waals surface area contributed by atoms with Gasteiger partial charge in [-0.2, -0.15) is 0 Å². The van der Waals surface area contributed by atoms with E-state index in [1.807, 2.05) is 54.0 Å². The van der Waals surface area contributed by atoms with Crippen LogP contribution in [0.3, 0.4) is 0 Å². The van der Waals surface area contributed by atoms with Gasteiger partial charge in [-0.15, -0.1) is 0 Å². The van der Waals surface area contributed by atoms with Crippen molar-refractivity contribution in [2.24, 2.45) is 0 Å². The topological polar surface area (TPSA) is 59.4 Å². The molecule has 5 rings (SSSR count). The van der Waals surface area contributed by atoms with Crippen LogP contribution in [0, 0.1) is 0 Å². The molecule has 0 bridgehead atoms. The van der Waals surface area contributed by atoms with Gasteiger partial charge in [0.05, 0.1) is 12.1 Å². The molecule has 2 aromatic heterocycles. The molecule has 0 saturated carbocycles. The number of fused-ring (bicyclic) bond motifs is 3. The Morgan fingerprint density at radius 1 is 1.14 bits per heavy atom. The van der Waals surface area contributed by atoms with Crippen LogP contribution in [-0.4, -0.2) is 40.2 Å². The molecule has 0 spiro atoms. The molecular weight excluding hydrogens is 507 g/mol. The summed E-state index contributed by atoms with van der Waals surface area (Å²) in [6.07, 6.45) is 6.70. The number of hydrogen-bond acceptors (Lipinski definition) is 4. The number of carbonyl (C=O) groups excluding carboxylic acids is 1. The summed E-state index contributed by atoms with van der Waals surface area (Å²) < 4.78 is 7.60. The van der Waals surface area contributed by atoms with Crippen LogP contribution in [0.1, 0.15) is 29.3 Å². The van der Waals surface area contributed by atoms with E-state index in [1.165, 1.54) is 5.56 Å². The molecule has 2 aromatic carbocycles. The maximum atomic E-state index is 13.4. The molecule has 6 nitrogen and oxygen atoms in total. The quantitative estimate of drug-likeness (QED) is 0.272. The zero-order chi connectivity index (χ0) is 25.8. The first-order valence-corrected chi connectivity index (χ1v) is 13.1. The number of pyridine rings is 1. The van der Waals surface area contributed by atoms with E-state index in [2.05, 4.69) is 33.4 Å². The Morgan fingerprint density at radius 2 is 1.97 bits per heavy atom. The number of halogens is 2. The van der Waals surface area contributed by atoms with Gasteiger partial charge < -0.3 is 10.1 Å². The van der Waals surface area contributed by atoms with E-state index >= 15 is 0 Å². The molecule has 1 aliphatic rings. The fraction of sp³-hybridized carbons (Fsp3) is 0.241. The number of nitrogens with one attached hydrogen (secondary N) is 1. The second-order valence-corrected chi connectivity index (χ2v) is 9.78. The molecule has 0 fully saturated rings. The zero-order valence-electron chi connectivity index (χ0n) is 20.6. The van der Waals surface area contributed by atoms with Crippen molar-refractivity contribution in [3.8, 4) is 5.75 Å². The molecule has 1 amide bonds. The second-order valence-electron chi connectivity index (χ2n) is 8.96. The van der Waals surface area contributed by atoms with E-state index in [1.54, 1.807) is 12.3 Å². The molecule has 0 aliphatic carbocycles. The molecule has 0 unspecified atom stereocenters. The highest BCUT2D eigenvalue weighted by molar-refractivity contribution is 6.30. The first-order chi connectivity index (χ1) is 18.0. The predicted octanol–water partition coefficient (Wildman–Crippen LogP) is 6.57. The van der Waals surface area contributed by atoms with Crippen molar-refractivity contribution < 1.29 is 9.53 Å². The number of carbonyl (C=O) groups is 1. The molecule has 0 saturated heterocycles. The summed E-state index contributed by atoms with van der Waals surface area (Å²) in [6, 6.07) is 17.2. The predicted molar refractivity (Wildman–Crippen MR) is 149 cm³/mol. The van der Waals surface area contributed by atoms with Gasteiger partial charge in [-0.05, 0) is 66.1 Å². The van der Waals surface area contributed by atoms with E-state index in [4.69, 9.17) is 27.9 Å². The van der Waals surface area contributed by atoms with Gasteiger partial charge in [0.25, 0.3) is 0 Å². The van der Waals surface area contributed by atoms with Crippen LogP contribution in [0.25, 0.3) is 17.0 Å². The fourth-order valence-electron chi connectivity index (χ4n) is 4.76. The summed E-state index contributed by atoms with van der Waals surface area (Å²) in [5, 5.41) is 5.24. The maximum Gasteiger partial charge on any atom is 0.326 e. The second kappa shape index (κ2) is 11.4. The first kappa shape index (κ1) is 25.3. The van der Waals surface area contributed by atoms with Gasteiger partial charge in [-0.25, -0.2) is 9.78 Å². The summed E-state index contributed by atoms with van der Waals surface area (Å²) in [4.78, 5) is 19.8. The minimum absolute atomic E-state index is 0.153. The van der Waals surface area contributed by atoms with Gasteiger partial charge in [0.2, 0.25) is 0 Å². The third-order valence-electron chi connectivity index (χ3n) is 6.49. The van der Waals surface area contributed by atoms with Crippen LogP contribution >= 0.6 is 23.2 Å². The Bertz CT molecular complexity index is 1450. The molecule has 3 heterocycles. The Morgan fingerprint density at radius 3 is 2.76 bits per heavy atom. The van der Waals surface area contributed by atoms with E-state index < -0.39 is 0 Å². The van der Waals surface area contributed by atoms with Crippen LogP contribution in [0.5, 0.6) is 5.75 Å². The van der Waals surface area contributed by atoms with Crippen molar-refractivity contribution in [3.05, 3.63) is 99.4 Å². The van der Waals surface area contributed by atoms with Crippen LogP contribution < -0.4 is 10.1 Å². The SMILES string of the molecule is CCOc1ccc2c(c1)c1c(n2C(=O)NCc2ccnc(Cl)c2)CCN(C/C=C/c2ccc(Cl)cc2)C1. The van der Waals surface area contributed by atoms with Gasteiger partial charge in [-0.3, -0.25) is 9.47 Å². The highest BCUT2D eigenvalue weighted by Gasteiger charge is 2.26.